The van der Waals surface area contributed by atoms with Gasteiger partial charge in [0, 0.05) is 18.1 Å². The first-order chi connectivity index (χ1) is 10.2. The van der Waals surface area contributed by atoms with Gasteiger partial charge in [0.15, 0.2) is 5.69 Å². The van der Waals surface area contributed by atoms with Crippen LogP contribution < -0.4 is 5.73 Å². The molecule has 2 aromatic heterocycles. The third kappa shape index (κ3) is 2.34. The van der Waals surface area contributed by atoms with Crippen molar-refractivity contribution in [2.75, 3.05) is 0 Å². The van der Waals surface area contributed by atoms with Crippen LogP contribution in [0, 0.1) is 0 Å². The lowest BCUT2D eigenvalue weighted by molar-refractivity contribution is 0.0689. The Bertz CT molecular complexity index is 807. The monoisotopic (exact) mass is 283 g/mol. The first-order valence-electron chi connectivity index (χ1n) is 6.39. The van der Waals surface area contributed by atoms with E-state index in [1.54, 1.807) is 6.20 Å². The quantitative estimate of drug-likeness (QED) is 0.740. The smallest absolute Gasteiger partial charge is 0.358 e. The molecule has 1 aromatic carbocycles. The SMILES string of the molecule is NCc1c(C(=O)O)nnn1Cc1ccnc2ccccc12. The van der Waals surface area contributed by atoms with E-state index < -0.39 is 5.97 Å². The van der Waals surface area contributed by atoms with E-state index in [1.807, 2.05) is 30.3 Å². The Morgan fingerprint density at radius 2 is 2.10 bits per heavy atom. The summed E-state index contributed by atoms with van der Waals surface area (Å²) < 4.78 is 1.52. The maximum absolute atomic E-state index is 11.1. The molecule has 0 amide bonds. The topological polar surface area (TPSA) is 107 Å². The fourth-order valence-corrected chi connectivity index (χ4v) is 2.28. The molecule has 0 saturated heterocycles. The van der Waals surface area contributed by atoms with Gasteiger partial charge < -0.3 is 10.8 Å². The summed E-state index contributed by atoms with van der Waals surface area (Å²) in [6.45, 7) is 0.466. The standard InChI is InChI=1S/C14H13N5O2/c15-7-12-13(14(20)21)17-18-19(12)8-9-5-6-16-11-4-2-1-3-10(9)11/h1-6H,7-8,15H2,(H,20,21). The summed E-state index contributed by atoms with van der Waals surface area (Å²) in [6, 6.07) is 9.62. The van der Waals surface area contributed by atoms with Crippen LogP contribution in [-0.4, -0.2) is 31.1 Å². The number of aromatic carboxylic acids is 1. The van der Waals surface area contributed by atoms with E-state index >= 15 is 0 Å². The van der Waals surface area contributed by atoms with Crippen molar-refractivity contribution in [3.05, 3.63) is 53.5 Å². The fourth-order valence-electron chi connectivity index (χ4n) is 2.28. The zero-order valence-electron chi connectivity index (χ0n) is 11.1. The molecule has 0 spiro atoms. The summed E-state index contributed by atoms with van der Waals surface area (Å²) in [4.78, 5) is 15.4. The molecule has 7 heteroatoms. The van der Waals surface area contributed by atoms with Gasteiger partial charge in [-0.15, -0.1) is 5.10 Å². The van der Waals surface area contributed by atoms with Crippen molar-refractivity contribution >= 4 is 16.9 Å². The zero-order valence-corrected chi connectivity index (χ0v) is 11.1. The van der Waals surface area contributed by atoms with Gasteiger partial charge in [0.1, 0.15) is 0 Å². The van der Waals surface area contributed by atoms with Crippen LogP contribution in [0.25, 0.3) is 10.9 Å². The van der Waals surface area contributed by atoms with Gasteiger partial charge in [-0.2, -0.15) is 0 Å². The first kappa shape index (κ1) is 13.2. The van der Waals surface area contributed by atoms with Crippen LogP contribution in [0.2, 0.25) is 0 Å². The van der Waals surface area contributed by atoms with Crippen LogP contribution >= 0.6 is 0 Å². The van der Waals surface area contributed by atoms with Crippen molar-refractivity contribution in [2.45, 2.75) is 13.1 Å². The fraction of sp³-hybridized carbons (Fsp3) is 0.143. The predicted octanol–water partition coefficient (Wildman–Crippen LogP) is 1.03. The number of carboxylic acid groups (broad SMARTS) is 1. The Morgan fingerprint density at radius 1 is 1.29 bits per heavy atom. The van der Waals surface area contributed by atoms with Gasteiger partial charge >= 0.3 is 5.97 Å². The molecule has 3 aromatic rings. The summed E-state index contributed by atoms with van der Waals surface area (Å²) in [5.74, 6) is -1.12. The van der Waals surface area contributed by atoms with Crippen LogP contribution in [0.15, 0.2) is 36.5 Å². The van der Waals surface area contributed by atoms with Crippen molar-refractivity contribution in [3.8, 4) is 0 Å². The van der Waals surface area contributed by atoms with Crippen molar-refractivity contribution < 1.29 is 9.90 Å². The number of nitrogens with two attached hydrogens (primary N) is 1. The number of fused-ring (bicyclic) bond motifs is 1. The average molecular weight is 283 g/mol. The van der Waals surface area contributed by atoms with Crippen molar-refractivity contribution in [3.63, 3.8) is 0 Å². The molecule has 21 heavy (non-hydrogen) atoms. The number of nitrogens with zero attached hydrogens (tertiary/aromatic N) is 4. The number of rotatable bonds is 4. The van der Waals surface area contributed by atoms with Gasteiger partial charge in [-0.1, -0.05) is 23.4 Å². The number of pyridine rings is 1. The number of para-hydroxylation sites is 1. The highest BCUT2D eigenvalue weighted by molar-refractivity contribution is 5.86. The molecule has 7 nitrogen and oxygen atoms in total. The molecule has 106 valence electrons. The minimum Gasteiger partial charge on any atom is -0.476 e. The van der Waals surface area contributed by atoms with E-state index in [4.69, 9.17) is 10.8 Å². The number of carbonyl (C=O) groups is 1. The maximum Gasteiger partial charge on any atom is 0.358 e. The van der Waals surface area contributed by atoms with Crippen molar-refractivity contribution in [2.24, 2.45) is 5.73 Å². The third-order valence-corrected chi connectivity index (χ3v) is 3.29. The van der Waals surface area contributed by atoms with Gasteiger partial charge in [0.05, 0.1) is 17.8 Å². The van der Waals surface area contributed by atoms with Crippen LogP contribution in [0.4, 0.5) is 0 Å². The molecule has 0 radical (unpaired) electrons. The number of carboxylic acids is 1. The summed E-state index contributed by atoms with van der Waals surface area (Å²) in [6.07, 6.45) is 1.72. The average Bonchev–Trinajstić information content (AvgIpc) is 2.90. The minimum atomic E-state index is -1.12. The normalized spacial score (nSPS) is 10.9. The van der Waals surface area contributed by atoms with Gasteiger partial charge in [-0.3, -0.25) is 4.98 Å². The lowest BCUT2D eigenvalue weighted by Crippen LogP contribution is -2.13. The van der Waals surface area contributed by atoms with Gasteiger partial charge in [-0.25, -0.2) is 9.48 Å². The Labute approximate surface area is 120 Å². The number of hydrogen-bond acceptors (Lipinski definition) is 5. The Morgan fingerprint density at radius 3 is 2.86 bits per heavy atom. The largest absolute Gasteiger partial charge is 0.476 e. The lowest BCUT2D eigenvalue weighted by atomic mass is 10.1. The molecule has 2 heterocycles. The lowest BCUT2D eigenvalue weighted by Gasteiger charge is -2.08. The van der Waals surface area contributed by atoms with Crippen LogP contribution in [0.1, 0.15) is 21.7 Å². The second-order valence-corrected chi connectivity index (χ2v) is 4.54. The van der Waals surface area contributed by atoms with Crippen LogP contribution in [0.5, 0.6) is 0 Å². The molecule has 0 atom stereocenters. The van der Waals surface area contributed by atoms with Gasteiger partial charge in [-0.05, 0) is 17.7 Å². The summed E-state index contributed by atoms with van der Waals surface area (Å²) in [7, 11) is 0. The maximum atomic E-state index is 11.1. The van der Waals surface area contributed by atoms with Gasteiger partial charge in [0.2, 0.25) is 0 Å². The summed E-state index contributed by atoms with van der Waals surface area (Å²) >= 11 is 0. The molecule has 0 aliphatic rings. The van der Waals surface area contributed by atoms with E-state index in [9.17, 15) is 4.79 Å². The number of benzene rings is 1. The Hall–Kier alpha value is -2.80. The molecule has 0 aliphatic carbocycles. The summed E-state index contributed by atoms with van der Waals surface area (Å²) in [5.41, 5.74) is 7.79. The highest BCUT2D eigenvalue weighted by Crippen LogP contribution is 2.18. The molecule has 0 saturated carbocycles. The Kier molecular flexibility index (Phi) is 3.33. The van der Waals surface area contributed by atoms with E-state index in [2.05, 4.69) is 15.3 Å². The van der Waals surface area contributed by atoms with E-state index in [-0.39, 0.29) is 12.2 Å². The zero-order chi connectivity index (χ0) is 14.8. The minimum absolute atomic E-state index is 0.0671. The summed E-state index contributed by atoms with van der Waals surface area (Å²) in [5, 5.41) is 17.6. The molecular weight excluding hydrogens is 270 g/mol. The number of hydrogen-bond donors (Lipinski definition) is 2. The molecular formula is C14H13N5O2. The first-order valence-corrected chi connectivity index (χ1v) is 6.39. The van der Waals surface area contributed by atoms with Crippen molar-refractivity contribution in [1.29, 1.82) is 0 Å². The van der Waals surface area contributed by atoms with Crippen LogP contribution in [0.3, 0.4) is 0 Å². The Balaban J connectivity index is 2.05. The van der Waals surface area contributed by atoms with Crippen LogP contribution in [-0.2, 0) is 13.1 Å². The van der Waals surface area contributed by atoms with Crippen molar-refractivity contribution in [1.82, 2.24) is 20.0 Å². The second kappa shape index (κ2) is 5.29. The second-order valence-electron chi connectivity index (χ2n) is 4.54. The molecule has 3 N–H and O–H groups in total. The molecule has 3 rings (SSSR count). The van der Waals surface area contributed by atoms with E-state index in [0.717, 1.165) is 16.5 Å². The predicted molar refractivity (Wildman–Crippen MR) is 75.7 cm³/mol. The van der Waals surface area contributed by atoms with E-state index in [1.165, 1.54) is 4.68 Å². The number of aromatic nitrogens is 4. The van der Waals surface area contributed by atoms with E-state index in [0.29, 0.717) is 12.2 Å². The third-order valence-electron chi connectivity index (χ3n) is 3.29. The molecule has 0 bridgehead atoms. The highest BCUT2D eigenvalue weighted by atomic mass is 16.4. The highest BCUT2D eigenvalue weighted by Gasteiger charge is 2.18. The molecule has 0 unspecified atom stereocenters. The van der Waals surface area contributed by atoms with Gasteiger partial charge in [0.25, 0.3) is 0 Å². The molecule has 0 fully saturated rings. The molecule has 0 aliphatic heterocycles.